The highest BCUT2D eigenvalue weighted by Crippen LogP contribution is 2.27. The van der Waals surface area contributed by atoms with Gasteiger partial charge in [0.25, 0.3) is 0 Å². The van der Waals surface area contributed by atoms with Crippen LogP contribution < -0.4 is 5.73 Å². The number of halogens is 1. The van der Waals surface area contributed by atoms with Crippen molar-refractivity contribution in [2.24, 2.45) is 7.05 Å². The summed E-state index contributed by atoms with van der Waals surface area (Å²) in [5.74, 6) is -0.116. The minimum Gasteiger partial charge on any atom is -0.398 e. The number of rotatable bonds is 3. The number of hydrogen-bond donors (Lipinski definition) is 1. The first-order valence-corrected chi connectivity index (χ1v) is 8.44. The molecule has 0 fully saturated rings. The molecule has 0 aliphatic heterocycles. The molecule has 0 amide bonds. The number of sulfone groups is 1. The minimum atomic E-state index is -3.47. The van der Waals surface area contributed by atoms with Crippen molar-refractivity contribution < 1.29 is 8.42 Å². The van der Waals surface area contributed by atoms with E-state index in [-0.39, 0.29) is 10.6 Å². The van der Waals surface area contributed by atoms with Crippen LogP contribution in [0.15, 0.2) is 27.6 Å². The number of anilines is 1. The smallest absolute Gasteiger partial charge is 0.184 e. The van der Waals surface area contributed by atoms with Crippen LogP contribution in [-0.4, -0.2) is 18.2 Å². The van der Waals surface area contributed by atoms with Crippen LogP contribution in [0.4, 0.5) is 5.69 Å². The highest BCUT2D eigenvalue weighted by molar-refractivity contribution is 9.10. The molecule has 2 aromatic rings. The van der Waals surface area contributed by atoms with Gasteiger partial charge in [0.15, 0.2) is 9.84 Å². The second kappa shape index (κ2) is 5.21. The van der Waals surface area contributed by atoms with Gasteiger partial charge in [-0.15, -0.1) is 0 Å². The molecule has 0 spiro atoms. The second-order valence-corrected chi connectivity index (χ2v) is 7.45. The third-order valence-electron chi connectivity index (χ3n) is 3.25. The molecule has 1 heterocycles. The Kier molecular flexibility index (Phi) is 3.93. The lowest BCUT2D eigenvalue weighted by Gasteiger charge is -2.10. The lowest BCUT2D eigenvalue weighted by Crippen LogP contribution is -2.11. The van der Waals surface area contributed by atoms with Crippen molar-refractivity contribution >= 4 is 31.5 Å². The summed E-state index contributed by atoms with van der Waals surface area (Å²) < 4.78 is 27.5. The maximum Gasteiger partial charge on any atom is 0.184 e. The van der Waals surface area contributed by atoms with E-state index in [9.17, 15) is 8.42 Å². The third-order valence-corrected chi connectivity index (χ3v) is 6.05. The van der Waals surface area contributed by atoms with Crippen LogP contribution in [-0.2, 0) is 22.6 Å². The zero-order valence-corrected chi connectivity index (χ0v) is 13.9. The second-order valence-electron chi connectivity index (χ2n) is 4.70. The first kappa shape index (κ1) is 15.1. The lowest BCUT2D eigenvalue weighted by molar-refractivity contribution is 0.591. The molecule has 1 aromatic carbocycles. The lowest BCUT2D eigenvalue weighted by atomic mass is 10.2. The molecule has 0 unspecified atom stereocenters. The zero-order chi connectivity index (χ0) is 15.1. The van der Waals surface area contributed by atoms with Gasteiger partial charge in [-0.05, 0) is 47.5 Å². The first-order chi connectivity index (χ1) is 9.24. The maximum absolute atomic E-state index is 12.6. The van der Waals surface area contributed by atoms with E-state index in [1.807, 2.05) is 6.92 Å². The predicted molar refractivity (Wildman–Crippen MR) is 82.1 cm³/mol. The Balaban J connectivity index is 2.49. The number of hydrogen-bond acceptors (Lipinski definition) is 4. The number of aryl methyl sites for hydroxylation is 2. The molecule has 0 saturated carbocycles. The summed E-state index contributed by atoms with van der Waals surface area (Å²) in [6.45, 7) is 3.54. The summed E-state index contributed by atoms with van der Waals surface area (Å²) in [4.78, 5) is 0.267. The van der Waals surface area contributed by atoms with Crippen molar-refractivity contribution in [1.29, 1.82) is 0 Å². The van der Waals surface area contributed by atoms with Crippen molar-refractivity contribution in [3.63, 3.8) is 0 Å². The fraction of sp³-hybridized carbons (Fsp3) is 0.308. The molecule has 0 aliphatic rings. The Morgan fingerprint density at radius 2 is 2.00 bits per heavy atom. The highest BCUT2D eigenvalue weighted by Gasteiger charge is 2.23. The Morgan fingerprint density at radius 3 is 2.55 bits per heavy atom. The number of aromatic nitrogens is 2. The Hall–Kier alpha value is -1.34. The molecule has 2 rings (SSSR count). The summed E-state index contributed by atoms with van der Waals surface area (Å²) in [5, 5.41) is 4.21. The molecule has 108 valence electrons. The fourth-order valence-corrected chi connectivity index (χ4v) is 4.44. The average molecular weight is 358 g/mol. The van der Waals surface area contributed by atoms with Gasteiger partial charge >= 0.3 is 0 Å². The van der Waals surface area contributed by atoms with E-state index >= 15 is 0 Å². The van der Waals surface area contributed by atoms with E-state index in [1.165, 1.54) is 0 Å². The molecule has 0 saturated heterocycles. The number of nitrogens with two attached hydrogens (primary N) is 1. The van der Waals surface area contributed by atoms with Crippen LogP contribution in [0.1, 0.15) is 17.0 Å². The van der Waals surface area contributed by atoms with Crippen LogP contribution in [0.3, 0.4) is 0 Å². The van der Waals surface area contributed by atoms with Gasteiger partial charge < -0.3 is 5.73 Å². The molecule has 1 aromatic heterocycles. The molecule has 2 N–H and O–H groups in total. The maximum atomic E-state index is 12.6. The fourth-order valence-electron chi connectivity index (χ4n) is 2.06. The summed E-state index contributed by atoms with van der Waals surface area (Å²) in [5.41, 5.74) is 8.24. The molecule has 0 aliphatic carbocycles. The zero-order valence-electron chi connectivity index (χ0n) is 11.5. The summed E-state index contributed by atoms with van der Waals surface area (Å²) >= 11 is 3.39. The molecular weight excluding hydrogens is 342 g/mol. The Bertz CT molecular complexity index is 766. The van der Waals surface area contributed by atoms with Crippen molar-refractivity contribution in [3.05, 3.63) is 39.6 Å². The number of nitrogen functional groups attached to an aromatic ring is 1. The molecule has 0 atom stereocenters. The summed E-state index contributed by atoms with van der Waals surface area (Å²) in [6.07, 6.45) is 0. The van der Waals surface area contributed by atoms with Crippen LogP contribution in [0.2, 0.25) is 0 Å². The molecule has 7 heteroatoms. The van der Waals surface area contributed by atoms with Gasteiger partial charge in [-0.25, -0.2) is 8.42 Å². The molecule has 20 heavy (non-hydrogen) atoms. The van der Waals surface area contributed by atoms with E-state index in [1.54, 1.807) is 36.9 Å². The van der Waals surface area contributed by atoms with Gasteiger partial charge in [0.2, 0.25) is 0 Å². The Labute approximate surface area is 126 Å². The summed E-state index contributed by atoms with van der Waals surface area (Å²) in [6, 6.07) is 4.93. The third kappa shape index (κ3) is 2.60. The highest BCUT2D eigenvalue weighted by atomic mass is 79.9. The molecule has 0 radical (unpaired) electrons. The number of benzene rings is 1. The molecular formula is C13H16BrN3O2S. The average Bonchev–Trinajstić information content (AvgIpc) is 2.59. The van der Waals surface area contributed by atoms with Crippen LogP contribution >= 0.6 is 15.9 Å². The predicted octanol–water partition coefficient (Wildman–Crippen LogP) is 2.36. The van der Waals surface area contributed by atoms with Crippen LogP contribution in [0.5, 0.6) is 0 Å². The van der Waals surface area contributed by atoms with Gasteiger partial charge in [-0.1, -0.05) is 6.07 Å². The van der Waals surface area contributed by atoms with E-state index in [0.717, 1.165) is 10.2 Å². The van der Waals surface area contributed by atoms with E-state index in [2.05, 4.69) is 21.0 Å². The quantitative estimate of drug-likeness (QED) is 0.855. The van der Waals surface area contributed by atoms with Gasteiger partial charge in [-0.2, -0.15) is 5.10 Å². The molecule has 5 nitrogen and oxygen atoms in total. The topological polar surface area (TPSA) is 78.0 Å². The first-order valence-electron chi connectivity index (χ1n) is 6.00. The largest absolute Gasteiger partial charge is 0.398 e. The standard InChI is InChI=1S/C13H16BrN3O2S/c1-8-10(15)5-4-6-12(8)20(18,19)7-11-13(14)9(2)16-17(11)3/h4-6H,7,15H2,1-3H3. The van der Waals surface area contributed by atoms with Crippen LogP contribution in [0, 0.1) is 13.8 Å². The van der Waals surface area contributed by atoms with Gasteiger partial charge in [-0.3, -0.25) is 4.68 Å². The van der Waals surface area contributed by atoms with E-state index in [0.29, 0.717) is 16.9 Å². The minimum absolute atomic E-state index is 0.116. The Morgan fingerprint density at radius 1 is 1.35 bits per heavy atom. The number of nitrogens with zero attached hydrogens (tertiary/aromatic N) is 2. The van der Waals surface area contributed by atoms with Crippen molar-refractivity contribution in [1.82, 2.24) is 9.78 Å². The van der Waals surface area contributed by atoms with Crippen LogP contribution in [0.25, 0.3) is 0 Å². The normalized spacial score (nSPS) is 11.8. The van der Waals surface area contributed by atoms with Gasteiger partial charge in [0.05, 0.1) is 26.5 Å². The molecule has 0 bridgehead atoms. The van der Waals surface area contributed by atoms with Crippen molar-refractivity contribution in [3.8, 4) is 0 Å². The van der Waals surface area contributed by atoms with Gasteiger partial charge in [0, 0.05) is 12.7 Å². The van der Waals surface area contributed by atoms with Crippen molar-refractivity contribution in [2.75, 3.05) is 5.73 Å². The summed E-state index contributed by atoms with van der Waals surface area (Å²) in [7, 11) is -1.74. The SMILES string of the molecule is Cc1nn(C)c(CS(=O)(=O)c2cccc(N)c2C)c1Br. The van der Waals surface area contributed by atoms with E-state index < -0.39 is 9.84 Å². The van der Waals surface area contributed by atoms with E-state index in [4.69, 9.17) is 5.73 Å². The van der Waals surface area contributed by atoms with Crippen molar-refractivity contribution in [2.45, 2.75) is 24.5 Å². The van der Waals surface area contributed by atoms with Gasteiger partial charge in [0.1, 0.15) is 0 Å². The monoisotopic (exact) mass is 357 g/mol.